The summed E-state index contributed by atoms with van der Waals surface area (Å²) in [5, 5.41) is 5.29. The number of hydrogen-bond acceptors (Lipinski definition) is 4. The quantitative estimate of drug-likeness (QED) is 0.748. The van der Waals surface area contributed by atoms with Crippen molar-refractivity contribution in [1.29, 1.82) is 0 Å². The zero-order valence-electron chi connectivity index (χ0n) is 13.2. The molecule has 120 valence electrons. The molecule has 1 aromatic carbocycles. The van der Waals surface area contributed by atoms with E-state index >= 15 is 0 Å². The molecule has 0 atom stereocenters. The van der Waals surface area contributed by atoms with Crippen molar-refractivity contribution in [3.05, 3.63) is 23.3 Å². The van der Waals surface area contributed by atoms with Gasteiger partial charge in [-0.05, 0) is 48.9 Å². The zero-order valence-corrected chi connectivity index (χ0v) is 14.0. The second-order valence-corrected chi connectivity index (χ2v) is 6.93. The third-order valence-corrected chi connectivity index (χ3v) is 4.20. The Labute approximate surface area is 127 Å². The molecule has 0 aliphatic carbocycles. The summed E-state index contributed by atoms with van der Waals surface area (Å²) in [5.41, 5.74) is 1.46. The van der Waals surface area contributed by atoms with E-state index in [0.29, 0.717) is 24.5 Å². The average molecular weight is 315 g/mol. The van der Waals surface area contributed by atoms with Crippen LogP contribution >= 0.6 is 0 Å². The number of nitrogens with two attached hydrogens (primary N) is 1. The Morgan fingerprint density at radius 2 is 1.81 bits per heavy atom. The Morgan fingerprint density at radius 3 is 2.33 bits per heavy atom. The highest BCUT2D eigenvalue weighted by atomic mass is 32.2. The molecule has 21 heavy (non-hydrogen) atoms. The molecular formula is C15H25NO4S. The van der Waals surface area contributed by atoms with E-state index < -0.39 is 10.0 Å². The predicted molar refractivity (Wildman–Crippen MR) is 83.2 cm³/mol. The van der Waals surface area contributed by atoms with Crippen LogP contribution in [0.2, 0.25) is 0 Å². The van der Waals surface area contributed by atoms with Gasteiger partial charge in [0.2, 0.25) is 10.0 Å². The lowest BCUT2D eigenvalue weighted by Gasteiger charge is -2.16. The minimum Gasteiger partial charge on any atom is -0.493 e. The maximum atomic E-state index is 11.7. The van der Waals surface area contributed by atoms with Crippen LogP contribution in [-0.4, -0.2) is 28.7 Å². The van der Waals surface area contributed by atoms with Crippen molar-refractivity contribution in [3.8, 4) is 5.75 Å². The number of methoxy groups -OCH3 is 1. The third-order valence-electron chi connectivity index (χ3n) is 3.24. The molecule has 5 nitrogen and oxygen atoms in total. The van der Waals surface area contributed by atoms with Gasteiger partial charge in [-0.2, -0.15) is 0 Å². The monoisotopic (exact) mass is 315 g/mol. The van der Waals surface area contributed by atoms with Gasteiger partial charge in [0.05, 0.1) is 11.5 Å². The van der Waals surface area contributed by atoms with Crippen LogP contribution in [0.25, 0.3) is 0 Å². The number of sulfonamides is 1. The number of benzene rings is 1. The van der Waals surface area contributed by atoms with Crippen LogP contribution in [0.5, 0.6) is 5.75 Å². The lowest BCUT2D eigenvalue weighted by Crippen LogP contribution is -2.16. The lowest BCUT2D eigenvalue weighted by atomic mass is 10.0. The number of unbranched alkanes of at least 4 members (excludes halogenated alkanes) is 1. The molecule has 0 radical (unpaired) electrons. The Hall–Kier alpha value is -1.11. The Bertz CT molecular complexity index is 567. The van der Waals surface area contributed by atoms with Crippen molar-refractivity contribution in [1.82, 2.24) is 0 Å². The summed E-state index contributed by atoms with van der Waals surface area (Å²) < 4.78 is 34.1. The van der Waals surface area contributed by atoms with Crippen LogP contribution in [0.15, 0.2) is 17.0 Å². The number of primary sulfonamides is 1. The molecule has 1 rings (SSSR count). The normalized spacial score (nSPS) is 11.9. The molecule has 0 bridgehead atoms. The van der Waals surface area contributed by atoms with Crippen LogP contribution in [0.1, 0.15) is 43.7 Å². The highest BCUT2D eigenvalue weighted by molar-refractivity contribution is 7.89. The first-order chi connectivity index (χ1) is 9.77. The molecule has 0 saturated carbocycles. The van der Waals surface area contributed by atoms with Crippen molar-refractivity contribution >= 4 is 10.0 Å². The van der Waals surface area contributed by atoms with Crippen LogP contribution in [0.3, 0.4) is 0 Å². The second-order valence-electron chi connectivity index (χ2n) is 5.40. The van der Waals surface area contributed by atoms with E-state index in [9.17, 15) is 8.42 Å². The van der Waals surface area contributed by atoms with Crippen molar-refractivity contribution < 1.29 is 17.9 Å². The fourth-order valence-electron chi connectivity index (χ4n) is 2.06. The second kappa shape index (κ2) is 7.77. The molecule has 0 unspecified atom stereocenters. The van der Waals surface area contributed by atoms with Gasteiger partial charge in [0, 0.05) is 13.7 Å². The Kier molecular flexibility index (Phi) is 6.64. The molecule has 2 N–H and O–H groups in total. The maximum absolute atomic E-state index is 11.7. The first kappa shape index (κ1) is 17.9. The summed E-state index contributed by atoms with van der Waals surface area (Å²) in [7, 11) is -2.05. The van der Waals surface area contributed by atoms with Crippen molar-refractivity contribution in [3.63, 3.8) is 0 Å². The Balaban J connectivity index is 2.95. The van der Waals surface area contributed by atoms with Crippen LogP contribution in [0.4, 0.5) is 0 Å². The summed E-state index contributed by atoms with van der Waals surface area (Å²) in [6, 6.07) is 3.38. The summed E-state index contributed by atoms with van der Waals surface area (Å²) in [5.74, 6) is 0.762. The van der Waals surface area contributed by atoms with Gasteiger partial charge >= 0.3 is 0 Å². The van der Waals surface area contributed by atoms with Gasteiger partial charge in [0.25, 0.3) is 0 Å². The van der Waals surface area contributed by atoms with Gasteiger partial charge in [-0.15, -0.1) is 0 Å². The minimum atomic E-state index is -3.72. The van der Waals surface area contributed by atoms with Gasteiger partial charge in [-0.1, -0.05) is 13.8 Å². The van der Waals surface area contributed by atoms with E-state index in [0.717, 1.165) is 18.4 Å². The molecule has 0 amide bonds. The fourth-order valence-corrected chi connectivity index (χ4v) is 3.03. The van der Waals surface area contributed by atoms with E-state index in [-0.39, 0.29) is 10.8 Å². The molecule has 0 heterocycles. The first-order valence-corrected chi connectivity index (χ1v) is 8.61. The highest BCUT2D eigenvalue weighted by Crippen LogP contribution is 2.30. The number of rotatable bonds is 8. The minimum absolute atomic E-state index is 0.0507. The summed E-state index contributed by atoms with van der Waals surface area (Å²) in [6.07, 6.45) is 1.82. The molecule has 0 fully saturated rings. The van der Waals surface area contributed by atoms with Crippen LogP contribution in [0, 0.1) is 6.92 Å². The SMILES string of the molecule is COCCCCOc1cc(C(C)C)c(S(N)(=O)=O)cc1C. The van der Waals surface area contributed by atoms with Gasteiger partial charge in [-0.25, -0.2) is 13.6 Å². The lowest BCUT2D eigenvalue weighted by molar-refractivity contribution is 0.184. The van der Waals surface area contributed by atoms with Crippen molar-refractivity contribution in [2.75, 3.05) is 20.3 Å². The molecule has 0 aliphatic heterocycles. The van der Waals surface area contributed by atoms with Crippen LogP contribution in [-0.2, 0) is 14.8 Å². The molecular weight excluding hydrogens is 290 g/mol. The van der Waals surface area contributed by atoms with E-state index in [1.165, 1.54) is 0 Å². The van der Waals surface area contributed by atoms with E-state index in [2.05, 4.69) is 0 Å². The van der Waals surface area contributed by atoms with Crippen molar-refractivity contribution in [2.24, 2.45) is 5.14 Å². The fraction of sp³-hybridized carbons (Fsp3) is 0.600. The van der Waals surface area contributed by atoms with Crippen molar-refractivity contribution in [2.45, 2.75) is 44.4 Å². The van der Waals surface area contributed by atoms with Gasteiger partial charge in [0.1, 0.15) is 5.75 Å². The first-order valence-electron chi connectivity index (χ1n) is 7.06. The number of aryl methyl sites for hydroxylation is 1. The summed E-state index contributed by atoms with van der Waals surface area (Å²) in [4.78, 5) is 0.182. The molecule has 0 aromatic heterocycles. The van der Waals surface area contributed by atoms with Gasteiger partial charge in [-0.3, -0.25) is 0 Å². The molecule has 0 spiro atoms. The number of ether oxygens (including phenoxy) is 2. The third kappa shape index (κ3) is 5.30. The average Bonchev–Trinajstić information content (AvgIpc) is 2.38. The van der Waals surface area contributed by atoms with E-state index in [4.69, 9.17) is 14.6 Å². The predicted octanol–water partition coefficient (Wildman–Crippen LogP) is 2.57. The van der Waals surface area contributed by atoms with Crippen LogP contribution < -0.4 is 9.88 Å². The topological polar surface area (TPSA) is 78.6 Å². The number of hydrogen-bond donors (Lipinski definition) is 1. The largest absolute Gasteiger partial charge is 0.493 e. The molecule has 1 aromatic rings. The highest BCUT2D eigenvalue weighted by Gasteiger charge is 2.19. The summed E-state index contributed by atoms with van der Waals surface area (Å²) >= 11 is 0. The maximum Gasteiger partial charge on any atom is 0.238 e. The van der Waals surface area contributed by atoms with E-state index in [1.807, 2.05) is 20.8 Å². The molecule has 6 heteroatoms. The standard InChI is InChI=1S/C15H25NO4S/c1-11(2)13-10-14(20-8-6-5-7-19-4)12(3)9-15(13)21(16,17)18/h9-11H,5-8H2,1-4H3,(H2,16,17,18). The molecule has 0 aliphatic rings. The van der Waals surface area contributed by atoms with Gasteiger partial charge in [0.15, 0.2) is 0 Å². The van der Waals surface area contributed by atoms with Gasteiger partial charge < -0.3 is 9.47 Å². The Morgan fingerprint density at radius 1 is 1.19 bits per heavy atom. The van der Waals surface area contributed by atoms with E-state index in [1.54, 1.807) is 19.2 Å². The zero-order chi connectivity index (χ0) is 16.0. The summed E-state index contributed by atoms with van der Waals surface area (Å²) in [6.45, 7) is 6.98. The molecule has 0 saturated heterocycles. The smallest absolute Gasteiger partial charge is 0.238 e.